The van der Waals surface area contributed by atoms with Crippen LogP contribution in [0.2, 0.25) is 0 Å². The van der Waals surface area contributed by atoms with Crippen molar-refractivity contribution in [2.24, 2.45) is 5.73 Å². The molecule has 11 heteroatoms. The van der Waals surface area contributed by atoms with Crippen molar-refractivity contribution in [3.63, 3.8) is 0 Å². The number of benzene rings is 2. The minimum absolute atomic E-state index is 0.00516. The zero-order valence-corrected chi connectivity index (χ0v) is 16.0. The van der Waals surface area contributed by atoms with Gasteiger partial charge in [0.2, 0.25) is 12.1 Å². The predicted molar refractivity (Wildman–Crippen MR) is 105 cm³/mol. The van der Waals surface area contributed by atoms with Gasteiger partial charge in [-0.05, 0) is 12.0 Å². The first-order chi connectivity index (χ1) is 14.6. The van der Waals surface area contributed by atoms with Crippen LogP contribution in [0.1, 0.15) is 17.2 Å². The summed E-state index contributed by atoms with van der Waals surface area (Å²) in [5.74, 6) is -1.44. The molecular weight excluding hydrogens is 415 g/mol. The van der Waals surface area contributed by atoms with Gasteiger partial charge in [-0.15, -0.1) is 0 Å². The Bertz CT molecular complexity index is 1050. The zero-order valence-electron chi connectivity index (χ0n) is 16.0. The van der Waals surface area contributed by atoms with Crippen LogP contribution in [0.3, 0.4) is 0 Å². The summed E-state index contributed by atoms with van der Waals surface area (Å²) in [6.45, 7) is 0. The molecule has 0 aliphatic rings. The van der Waals surface area contributed by atoms with Gasteiger partial charge in [-0.3, -0.25) is 4.79 Å². The van der Waals surface area contributed by atoms with Crippen molar-refractivity contribution in [3.8, 4) is 17.4 Å². The first kappa shape index (κ1) is 22.0. The molecule has 0 saturated carbocycles. The number of hydrogen-bond acceptors (Lipinski definition) is 7. The van der Waals surface area contributed by atoms with E-state index in [1.165, 1.54) is 24.3 Å². The number of carboxylic acids is 1. The minimum Gasteiger partial charge on any atom is -0.480 e. The maximum atomic E-state index is 13.5. The van der Waals surface area contributed by atoms with Crippen molar-refractivity contribution < 1.29 is 27.8 Å². The summed E-state index contributed by atoms with van der Waals surface area (Å²) in [5.41, 5.74) is 12.1. The molecule has 0 fully saturated rings. The predicted octanol–water partition coefficient (Wildman–Crippen LogP) is 2.76. The van der Waals surface area contributed by atoms with Crippen molar-refractivity contribution in [2.45, 2.75) is 24.7 Å². The van der Waals surface area contributed by atoms with E-state index in [1.807, 2.05) is 0 Å². The number of alkyl halides is 3. The summed E-state index contributed by atoms with van der Waals surface area (Å²) >= 11 is 0. The number of anilines is 1. The van der Waals surface area contributed by atoms with Crippen LogP contribution in [0.5, 0.6) is 6.01 Å². The summed E-state index contributed by atoms with van der Waals surface area (Å²) in [7, 11) is 0. The molecule has 5 N–H and O–H groups in total. The van der Waals surface area contributed by atoms with Crippen LogP contribution in [-0.4, -0.2) is 38.2 Å². The van der Waals surface area contributed by atoms with Gasteiger partial charge in [0.1, 0.15) is 6.04 Å². The normalized spacial score (nSPS) is 13.4. The Morgan fingerprint density at radius 3 is 2.26 bits per heavy atom. The number of aromatic nitrogens is 3. The molecule has 3 rings (SSSR count). The molecule has 3 aromatic rings. The number of aliphatic carboxylic acids is 1. The Morgan fingerprint density at radius 2 is 1.68 bits per heavy atom. The molecule has 31 heavy (non-hydrogen) atoms. The number of hydrogen-bond donors (Lipinski definition) is 3. The van der Waals surface area contributed by atoms with Crippen molar-refractivity contribution >= 4 is 11.9 Å². The molecule has 1 heterocycles. The van der Waals surface area contributed by atoms with Gasteiger partial charge in [0.25, 0.3) is 0 Å². The van der Waals surface area contributed by atoms with E-state index in [0.717, 1.165) is 0 Å². The van der Waals surface area contributed by atoms with Crippen LogP contribution < -0.4 is 16.2 Å². The largest absolute Gasteiger partial charge is 0.480 e. The summed E-state index contributed by atoms with van der Waals surface area (Å²) in [4.78, 5) is 22.4. The van der Waals surface area contributed by atoms with E-state index in [1.54, 1.807) is 30.3 Å². The molecule has 0 spiro atoms. The van der Waals surface area contributed by atoms with Gasteiger partial charge in [0.15, 0.2) is 5.82 Å². The highest BCUT2D eigenvalue weighted by Crippen LogP contribution is 2.36. The topological polar surface area (TPSA) is 137 Å². The van der Waals surface area contributed by atoms with Crippen LogP contribution in [-0.2, 0) is 11.2 Å². The van der Waals surface area contributed by atoms with Gasteiger partial charge >= 0.3 is 18.2 Å². The molecular formula is C20H18F3N5O3. The third-order valence-corrected chi connectivity index (χ3v) is 4.24. The average molecular weight is 433 g/mol. The molecule has 1 unspecified atom stereocenters. The van der Waals surface area contributed by atoms with E-state index in [9.17, 15) is 18.0 Å². The maximum Gasteiger partial charge on any atom is 0.429 e. The molecule has 162 valence electrons. The van der Waals surface area contributed by atoms with Crippen LogP contribution in [0, 0.1) is 0 Å². The van der Waals surface area contributed by atoms with Crippen LogP contribution >= 0.6 is 0 Å². The van der Waals surface area contributed by atoms with E-state index in [-0.39, 0.29) is 23.8 Å². The Kier molecular flexibility index (Phi) is 6.35. The molecule has 0 saturated heterocycles. The number of nitrogens with zero attached hydrogens (tertiary/aromatic N) is 3. The first-order valence-corrected chi connectivity index (χ1v) is 9.01. The number of ether oxygens (including phenoxy) is 1. The fourth-order valence-electron chi connectivity index (χ4n) is 2.74. The Morgan fingerprint density at radius 1 is 1.03 bits per heavy atom. The molecule has 8 nitrogen and oxygen atoms in total. The third kappa shape index (κ3) is 5.66. The molecule has 0 bridgehead atoms. The van der Waals surface area contributed by atoms with Crippen molar-refractivity contribution in [3.05, 3.63) is 65.7 Å². The molecule has 0 amide bonds. The van der Waals surface area contributed by atoms with Crippen LogP contribution in [0.4, 0.5) is 19.1 Å². The van der Waals surface area contributed by atoms with Crippen molar-refractivity contribution in [1.82, 2.24) is 15.0 Å². The Labute approximate surface area is 174 Å². The Balaban J connectivity index is 1.87. The highest BCUT2D eigenvalue weighted by Gasteiger charge is 2.43. The Hall–Kier alpha value is -3.73. The van der Waals surface area contributed by atoms with E-state index in [2.05, 4.69) is 15.0 Å². The van der Waals surface area contributed by atoms with Crippen molar-refractivity contribution in [2.75, 3.05) is 5.73 Å². The molecule has 0 aliphatic carbocycles. The number of rotatable bonds is 7. The van der Waals surface area contributed by atoms with Crippen LogP contribution in [0.15, 0.2) is 54.6 Å². The van der Waals surface area contributed by atoms with Gasteiger partial charge in [-0.1, -0.05) is 54.6 Å². The average Bonchev–Trinajstić information content (AvgIpc) is 2.72. The molecule has 0 aliphatic heterocycles. The summed E-state index contributed by atoms with van der Waals surface area (Å²) in [6.07, 6.45) is -6.90. The summed E-state index contributed by atoms with van der Waals surface area (Å²) in [6, 6.07) is 11.8. The highest BCUT2D eigenvalue weighted by molar-refractivity contribution is 5.73. The molecule has 0 radical (unpaired) electrons. The molecule has 2 aromatic carbocycles. The second-order valence-corrected chi connectivity index (χ2v) is 6.60. The van der Waals surface area contributed by atoms with E-state index >= 15 is 0 Å². The SMILES string of the molecule is Nc1nc(OC(c2ccccc2)C(F)(F)F)nc(-c2ccc(C[C@H](N)C(=O)O)cc2)n1. The standard InChI is InChI=1S/C20H18F3N5O3/c21-20(22,23)15(12-4-2-1-3-5-12)31-19-27-16(26-18(25)28-19)13-8-6-11(7-9-13)10-14(24)17(29)30/h1-9,14-15H,10,24H2,(H,29,30)(H2,25,26,27,28)/t14-,15?/m0/s1. The summed E-state index contributed by atoms with van der Waals surface area (Å²) in [5, 5.41) is 8.89. The number of carbonyl (C=O) groups is 1. The van der Waals surface area contributed by atoms with Crippen molar-refractivity contribution in [1.29, 1.82) is 0 Å². The van der Waals surface area contributed by atoms with Gasteiger partial charge in [-0.2, -0.15) is 28.1 Å². The zero-order chi connectivity index (χ0) is 22.6. The summed E-state index contributed by atoms with van der Waals surface area (Å²) < 4.78 is 45.7. The van der Waals surface area contributed by atoms with Gasteiger partial charge in [0, 0.05) is 11.1 Å². The molecule has 2 atom stereocenters. The van der Waals surface area contributed by atoms with Gasteiger partial charge in [0.05, 0.1) is 0 Å². The lowest BCUT2D eigenvalue weighted by atomic mass is 10.0. The van der Waals surface area contributed by atoms with E-state index in [4.69, 9.17) is 21.3 Å². The number of nitrogens with two attached hydrogens (primary N) is 2. The van der Waals surface area contributed by atoms with E-state index < -0.39 is 30.3 Å². The fourth-order valence-corrected chi connectivity index (χ4v) is 2.74. The lowest BCUT2D eigenvalue weighted by molar-refractivity contribution is -0.199. The maximum absolute atomic E-state index is 13.5. The van der Waals surface area contributed by atoms with Gasteiger partial charge < -0.3 is 21.3 Å². The smallest absolute Gasteiger partial charge is 0.429 e. The molecule has 1 aromatic heterocycles. The fraction of sp³-hybridized carbons (Fsp3) is 0.200. The number of halogens is 3. The van der Waals surface area contributed by atoms with E-state index in [0.29, 0.717) is 11.1 Å². The van der Waals surface area contributed by atoms with Gasteiger partial charge in [-0.25, -0.2) is 0 Å². The number of carboxylic acid groups (broad SMARTS) is 1. The lowest BCUT2D eigenvalue weighted by Gasteiger charge is -2.21. The minimum atomic E-state index is -4.71. The quantitative estimate of drug-likeness (QED) is 0.517. The third-order valence-electron chi connectivity index (χ3n) is 4.24. The van der Waals surface area contributed by atoms with Crippen LogP contribution in [0.25, 0.3) is 11.4 Å². The number of nitrogen functional groups attached to an aromatic ring is 1. The second-order valence-electron chi connectivity index (χ2n) is 6.60. The monoisotopic (exact) mass is 433 g/mol. The first-order valence-electron chi connectivity index (χ1n) is 9.01. The second kappa shape index (κ2) is 8.96. The lowest BCUT2D eigenvalue weighted by Crippen LogP contribution is -2.32. The highest BCUT2D eigenvalue weighted by atomic mass is 19.4.